The fourth-order valence-electron chi connectivity index (χ4n) is 4.56. The van der Waals surface area contributed by atoms with Crippen LogP contribution in [0.1, 0.15) is 36.0 Å². The number of hydrogen-bond acceptors (Lipinski definition) is 7. The smallest absolute Gasteiger partial charge is 0.255 e. The Labute approximate surface area is 220 Å². The molecule has 0 spiro atoms. The van der Waals surface area contributed by atoms with Crippen molar-refractivity contribution < 1.29 is 37.0 Å². The zero-order valence-electron chi connectivity index (χ0n) is 21.3. The normalized spacial score (nSPS) is 17.3. The summed E-state index contributed by atoms with van der Waals surface area (Å²) >= 11 is 0. The summed E-state index contributed by atoms with van der Waals surface area (Å²) in [5.41, 5.74) is 0.221. The molecule has 5 rings (SSSR count). The van der Waals surface area contributed by atoms with Crippen LogP contribution in [0.5, 0.6) is 5.75 Å². The number of nitrogens with one attached hydrogen (secondary N) is 1. The molecule has 2 aliphatic rings. The second-order valence-electron chi connectivity index (χ2n) is 10.6. The molecule has 0 atom stereocenters. The topological polar surface area (TPSA) is 129 Å². The summed E-state index contributed by atoms with van der Waals surface area (Å²) in [7, 11) is -2.33. The number of fused-ring (bicyclic) bond motifs is 1. The summed E-state index contributed by atoms with van der Waals surface area (Å²) in [6, 6.07) is 8.62. The third-order valence-electron chi connectivity index (χ3n) is 7.60. The SMILES string of the molecule is CNC(=O)c1c(-c2ccc(F)cc2)oc2cc(N(CC3(CO)CC3)S(C)(=O)=O)c(OCC3(CO)CC3)cc12. The first-order chi connectivity index (χ1) is 18.0. The second-order valence-corrected chi connectivity index (χ2v) is 12.5. The van der Waals surface area contributed by atoms with E-state index in [4.69, 9.17) is 9.15 Å². The molecule has 11 heteroatoms. The maximum atomic E-state index is 13.6. The number of sulfonamides is 1. The van der Waals surface area contributed by atoms with E-state index in [0.29, 0.717) is 23.8 Å². The molecule has 2 saturated carbocycles. The van der Waals surface area contributed by atoms with Crippen LogP contribution in [0.2, 0.25) is 0 Å². The summed E-state index contributed by atoms with van der Waals surface area (Å²) in [5.74, 6) is -0.457. The summed E-state index contributed by atoms with van der Waals surface area (Å²) < 4.78 is 53.1. The first-order valence-corrected chi connectivity index (χ1v) is 14.3. The summed E-state index contributed by atoms with van der Waals surface area (Å²) in [6.45, 7) is 0.0190. The van der Waals surface area contributed by atoms with Gasteiger partial charge in [0.25, 0.3) is 5.91 Å². The maximum Gasteiger partial charge on any atom is 0.255 e. The number of rotatable bonds is 11. The van der Waals surface area contributed by atoms with Crippen molar-refractivity contribution in [2.24, 2.45) is 10.8 Å². The van der Waals surface area contributed by atoms with Gasteiger partial charge >= 0.3 is 0 Å². The Bertz CT molecular complexity index is 1480. The molecule has 0 unspecified atom stereocenters. The van der Waals surface area contributed by atoms with E-state index < -0.39 is 27.2 Å². The Morgan fingerprint density at radius 3 is 2.26 bits per heavy atom. The van der Waals surface area contributed by atoms with Gasteiger partial charge in [0.15, 0.2) is 0 Å². The minimum Gasteiger partial charge on any atom is -0.491 e. The van der Waals surface area contributed by atoms with Crippen molar-refractivity contribution in [3.8, 4) is 17.1 Å². The van der Waals surface area contributed by atoms with Gasteiger partial charge < -0.3 is 24.7 Å². The molecule has 3 aromatic rings. The minimum atomic E-state index is -3.81. The number of anilines is 1. The van der Waals surface area contributed by atoms with Crippen molar-refractivity contribution in [3.63, 3.8) is 0 Å². The van der Waals surface area contributed by atoms with E-state index in [0.717, 1.165) is 19.1 Å². The largest absolute Gasteiger partial charge is 0.491 e. The van der Waals surface area contributed by atoms with E-state index in [1.54, 1.807) is 6.07 Å². The van der Waals surface area contributed by atoms with Gasteiger partial charge in [0.1, 0.15) is 22.9 Å². The Hall–Kier alpha value is -3.15. The lowest BCUT2D eigenvalue weighted by molar-refractivity contribution is 0.0964. The molecule has 38 heavy (non-hydrogen) atoms. The summed E-state index contributed by atoms with van der Waals surface area (Å²) in [6.07, 6.45) is 4.05. The van der Waals surface area contributed by atoms with E-state index in [9.17, 15) is 27.8 Å². The van der Waals surface area contributed by atoms with Gasteiger partial charge in [-0.05, 0) is 56.0 Å². The number of halogens is 1. The maximum absolute atomic E-state index is 13.6. The van der Waals surface area contributed by atoms with Gasteiger partial charge in [-0.2, -0.15) is 0 Å². The lowest BCUT2D eigenvalue weighted by Gasteiger charge is -2.28. The van der Waals surface area contributed by atoms with Crippen molar-refractivity contribution in [2.75, 3.05) is 44.0 Å². The van der Waals surface area contributed by atoms with Crippen LogP contribution in [0, 0.1) is 16.6 Å². The van der Waals surface area contributed by atoms with Crippen LogP contribution in [-0.2, 0) is 10.0 Å². The van der Waals surface area contributed by atoms with E-state index in [-0.39, 0.29) is 60.1 Å². The molecule has 1 amide bonds. The van der Waals surface area contributed by atoms with Gasteiger partial charge in [-0.3, -0.25) is 9.10 Å². The molecule has 3 N–H and O–H groups in total. The number of carbonyl (C=O) groups excluding carboxylic acids is 1. The first kappa shape index (κ1) is 26.5. The van der Waals surface area contributed by atoms with Gasteiger partial charge in [0.2, 0.25) is 10.0 Å². The molecule has 0 bridgehead atoms. The van der Waals surface area contributed by atoms with Gasteiger partial charge in [-0.15, -0.1) is 0 Å². The number of ether oxygens (including phenoxy) is 1. The van der Waals surface area contributed by atoms with Crippen molar-refractivity contribution in [1.82, 2.24) is 5.32 Å². The van der Waals surface area contributed by atoms with E-state index >= 15 is 0 Å². The van der Waals surface area contributed by atoms with E-state index in [1.807, 2.05) is 0 Å². The highest BCUT2D eigenvalue weighted by atomic mass is 32.2. The van der Waals surface area contributed by atoms with Crippen LogP contribution < -0.4 is 14.4 Å². The zero-order valence-corrected chi connectivity index (χ0v) is 22.1. The third kappa shape index (κ3) is 4.97. The molecule has 0 radical (unpaired) electrons. The molecule has 0 aliphatic heterocycles. The lowest BCUT2D eigenvalue weighted by atomic mass is 10.0. The zero-order chi connectivity index (χ0) is 27.3. The fraction of sp³-hybridized carbons (Fsp3) is 0.444. The van der Waals surface area contributed by atoms with Crippen LogP contribution in [0.3, 0.4) is 0 Å². The predicted molar refractivity (Wildman–Crippen MR) is 140 cm³/mol. The average molecular weight is 547 g/mol. The summed E-state index contributed by atoms with van der Waals surface area (Å²) in [4.78, 5) is 13.0. The highest BCUT2D eigenvalue weighted by molar-refractivity contribution is 7.92. The molecule has 1 aromatic heterocycles. The number of benzene rings is 2. The Morgan fingerprint density at radius 1 is 1.11 bits per heavy atom. The molecule has 204 valence electrons. The van der Waals surface area contributed by atoms with Crippen LogP contribution in [0.15, 0.2) is 40.8 Å². The Morgan fingerprint density at radius 2 is 1.74 bits per heavy atom. The van der Waals surface area contributed by atoms with Crippen LogP contribution in [-0.4, -0.2) is 64.2 Å². The van der Waals surface area contributed by atoms with Crippen LogP contribution in [0.25, 0.3) is 22.3 Å². The average Bonchev–Trinajstić information content (AvgIpc) is 3.82. The molecule has 2 fully saturated rings. The number of amides is 1. The van der Waals surface area contributed by atoms with E-state index in [2.05, 4.69) is 5.32 Å². The van der Waals surface area contributed by atoms with E-state index in [1.165, 1.54) is 41.7 Å². The number of carbonyl (C=O) groups is 1. The van der Waals surface area contributed by atoms with Gasteiger partial charge in [-0.1, -0.05) is 0 Å². The molecule has 1 heterocycles. The van der Waals surface area contributed by atoms with Gasteiger partial charge in [0, 0.05) is 41.4 Å². The Kier molecular flexibility index (Phi) is 6.65. The van der Waals surface area contributed by atoms with Crippen molar-refractivity contribution in [3.05, 3.63) is 47.8 Å². The minimum absolute atomic E-state index is 0.0576. The number of nitrogens with zero attached hydrogens (tertiary/aromatic N) is 1. The van der Waals surface area contributed by atoms with Gasteiger partial charge in [-0.25, -0.2) is 12.8 Å². The first-order valence-electron chi connectivity index (χ1n) is 12.4. The Balaban J connectivity index is 1.70. The molecular formula is C27H31FN2O7S. The summed E-state index contributed by atoms with van der Waals surface area (Å²) in [5, 5.41) is 22.7. The predicted octanol–water partition coefficient (Wildman–Crippen LogP) is 3.29. The highest BCUT2D eigenvalue weighted by Gasteiger charge is 2.46. The standard InChI is InChI=1S/C27H31FN2O7S/c1-29-25(33)23-19-11-22(36-16-27(15-32)9-10-27)20(30(38(2,34)35)13-26(14-31)7-8-26)12-21(19)37-24(23)17-3-5-18(28)6-4-17/h3-6,11-12,31-32H,7-10,13-16H2,1-2H3,(H,29,33). The van der Waals surface area contributed by atoms with Crippen molar-refractivity contribution in [2.45, 2.75) is 25.7 Å². The molecule has 9 nitrogen and oxygen atoms in total. The number of hydrogen-bond donors (Lipinski definition) is 3. The molecule has 0 saturated heterocycles. The molecule has 2 aromatic carbocycles. The van der Waals surface area contributed by atoms with Crippen LogP contribution >= 0.6 is 0 Å². The van der Waals surface area contributed by atoms with Crippen molar-refractivity contribution in [1.29, 1.82) is 0 Å². The highest BCUT2D eigenvalue weighted by Crippen LogP contribution is 2.50. The number of furan rings is 1. The molecular weight excluding hydrogens is 515 g/mol. The lowest BCUT2D eigenvalue weighted by Crippen LogP contribution is -2.37. The monoisotopic (exact) mass is 546 g/mol. The van der Waals surface area contributed by atoms with Gasteiger partial charge in [0.05, 0.1) is 37.3 Å². The number of aliphatic hydroxyl groups is 2. The third-order valence-corrected chi connectivity index (χ3v) is 8.72. The van der Waals surface area contributed by atoms with Crippen LogP contribution in [0.4, 0.5) is 10.1 Å². The van der Waals surface area contributed by atoms with Crippen molar-refractivity contribution >= 4 is 32.6 Å². The number of aliphatic hydroxyl groups excluding tert-OH is 2. The fourth-order valence-corrected chi connectivity index (χ4v) is 5.57. The second kappa shape index (κ2) is 9.55. The quantitative estimate of drug-likeness (QED) is 0.337. The molecule has 2 aliphatic carbocycles.